The molecule has 0 aliphatic rings. The number of thioether (sulfide) groups is 1. The van der Waals surface area contributed by atoms with E-state index in [9.17, 15) is 4.79 Å². The molecule has 0 aliphatic heterocycles. The van der Waals surface area contributed by atoms with Gasteiger partial charge in [-0.25, -0.2) is 4.68 Å². The number of aromatic nitrogens is 4. The maximum absolute atomic E-state index is 12.6. The predicted molar refractivity (Wildman–Crippen MR) is 118 cm³/mol. The Balaban J connectivity index is 1.53. The second-order valence-electron chi connectivity index (χ2n) is 6.31. The van der Waals surface area contributed by atoms with Crippen LogP contribution in [-0.2, 0) is 4.79 Å². The zero-order chi connectivity index (χ0) is 20.8. The van der Waals surface area contributed by atoms with Crippen molar-refractivity contribution in [1.29, 1.82) is 0 Å². The maximum Gasteiger partial charge on any atom is 0.234 e. The first-order valence-electron chi connectivity index (χ1n) is 9.55. The predicted octanol–water partition coefficient (Wildman–Crippen LogP) is 4.19. The van der Waals surface area contributed by atoms with E-state index in [1.165, 1.54) is 11.8 Å². The van der Waals surface area contributed by atoms with Gasteiger partial charge in [-0.05, 0) is 31.2 Å². The van der Waals surface area contributed by atoms with Crippen molar-refractivity contribution < 1.29 is 9.53 Å². The van der Waals surface area contributed by atoms with E-state index in [0.29, 0.717) is 29.0 Å². The third-order valence-electron chi connectivity index (χ3n) is 4.26. The van der Waals surface area contributed by atoms with Gasteiger partial charge < -0.3 is 10.1 Å². The van der Waals surface area contributed by atoms with E-state index in [2.05, 4.69) is 15.5 Å². The Morgan fingerprint density at radius 3 is 2.50 bits per heavy atom. The van der Waals surface area contributed by atoms with E-state index < -0.39 is 0 Å². The van der Waals surface area contributed by atoms with Crippen molar-refractivity contribution >= 4 is 23.4 Å². The number of benzene rings is 2. The van der Waals surface area contributed by atoms with Gasteiger partial charge in [0, 0.05) is 18.0 Å². The molecule has 4 aromatic rings. The van der Waals surface area contributed by atoms with Crippen LogP contribution >= 0.6 is 11.8 Å². The normalized spacial score (nSPS) is 10.7. The van der Waals surface area contributed by atoms with Gasteiger partial charge in [-0.1, -0.05) is 54.2 Å². The SMILES string of the molecule is CCOc1ccccc1NC(=O)CSc1nnc(-c2ccccc2)n1-n1cccc1. The lowest BCUT2D eigenvalue weighted by molar-refractivity contribution is -0.113. The molecule has 152 valence electrons. The molecule has 8 heteroatoms. The molecule has 0 spiro atoms. The lowest BCUT2D eigenvalue weighted by atomic mass is 10.2. The number of nitrogens with zero attached hydrogens (tertiary/aromatic N) is 4. The van der Waals surface area contributed by atoms with Crippen LogP contribution < -0.4 is 10.1 Å². The van der Waals surface area contributed by atoms with E-state index >= 15 is 0 Å². The monoisotopic (exact) mass is 419 g/mol. The zero-order valence-corrected chi connectivity index (χ0v) is 17.2. The second kappa shape index (κ2) is 9.32. The number of anilines is 1. The summed E-state index contributed by atoms with van der Waals surface area (Å²) in [5, 5.41) is 12.2. The smallest absolute Gasteiger partial charge is 0.234 e. The van der Waals surface area contributed by atoms with Gasteiger partial charge >= 0.3 is 0 Å². The molecule has 0 fully saturated rings. The molecule has 4 rings (SSSR count). The summed E-state index contributed by atoms with van der Waals surface area (Å²) in [4.78, 5) is 12.6. The Morgan fingerprint density at radius 2 is 1.73 bits per heavy atom. The fraction of sp³-hybridized carbons (Fsp3) is 0.136. The Hall–Kier alpha value is -3.52. The summed E-state index contributed by atoms with van der Waals surface area (Å²) in [5.41, 5.74) is 1.60. The van der Waals surface area contributed by atoms with Crippen LogP contribution in [-0.4, -0.2) is 37.8 Å². The Labute approximate surface area is 178 Å². The first-order chi connectivity index (χ1) is 14.8. The van der Waals surface area contributed by atoms with Crippen LogP contribution in [0.1, 0.15) is 6.92 Å². The molecular formula is C22H21N5O2S. The number of carbonyl (C=O) groups is 1. The van der Waals surface area contributed by atoms with E-state index in [4.69, 9.17) is 4.74 Å². The Morgan fingerprint density at radius 1 is 1.00 bits per heavy atom. The van der Waals surface area contributed by atoms with E-state index in [0.717, 1.165) is 5.56 Å². The van der Waals surface area contributed by atoms with Gasteiger partial charge in [0.15, 0.2) is 5.82 Å². The largest absolute Gasteiger partial charge is 0.492 e. The van der Waals surface area contributed by atoms with Crippen molar-refractivity contribution in [3.63, 3.8) is 0 Å². The highest BCUT2D eigenvalue weighted by Crippen LogP contribution is 2.26. The molecule has 0 unspecified atom stereocenters. The standard InChI is InChI=1S/C22H21N5O2S/c1-2-29-19-13-7-6-12-18(19)23-20(28)16-30-22-25-24-21(17-10-4-3-5-11-17)27(22)26-14-8-9-15-26/h3-15H,2,16H2,1H3,(H,23,28). The summed E-state index contributed by atoms with van der Waals surface area (Å²) in [7, 11) is 0. The molecule has 0 atom stereocenters. The summed E-state index contributed by atoms with van der Waals surface area (Å²) >= 11 is 1.32. The quantitative estimate of drug-likeness (QED) is 0.434. The van der Waals surface area contributed by atoms with Gasteiger partial charge in [0.25, 0.3) is 0 Å². The van der Waals surface area contributed by atoms with Crippen molar-refractivity contribution in [2.45, 2.75) is 12.1 Å². The number of nitrogens with one attached hydrogen (secondary N) is 1. The minimum Gasteiger partial charge on any atom is -0.492 e. The Kier molecular flexibility index (Phi) is 6.14. The number of rotatable bonds is 8. The van der Waals surface area contributed by atoms with Gasteiger partial charge in [-0.3, -0.25) is 9.47 Å². The lowest BCUT2D eigenvalue weighted by Gasteiger charge is -2.12. The summed E-state index contributed by atoms with van der Waals surface area (Å²) in [6, 6.07) is 21.1. The van der Waals surface area contributed by atoms with Crippen LogP contribution in [0.5, 0.6) is 5.75 Å². The maximum atomic E-state index is 12.6. The van der Waals surface area contributed by atoms with Crippen molar-refractivity contribution in [3.8, 4) is 17.1 Å². The number of para-hydroxylation sites is 2. The molecule has 0 saturated carbocycles. The van der Waals surface area contributed by atoms with Crippen LogP contribution in [0.3, 0.4) is 0 Å². The van der Waals surface area contributed by atoms with Crippen molar-refractivity contribution in [2.24, 2.45) is 0 Å². The average molecular weight is 420 g/mol. The Bertz CT molecular complexity index is 1110. The minimum absolute atomic E-state index is 0.143. The molecule has 0 saturated heterocycles. The highest BCUT2D eigenvalue weighted by Gasteiger charge is 2.17. The number of ether oxygens (including phenoxy) is 1. The van der Waals surface area contributed by atoms with Crippen molar-refractivity contribution in [2.75, 3.05) is 17.7 Å². The van der Waals surface area contributed by atoms with Crippen LogP contribution in [0.15, 0.2) is 84.3 Å². The fourth-order valence-corrected chi connectivity index (χ4v) is 3.69. The summed E-state index contributed by atoms with van der Waals surface area (Å²) in [6.45, 7) is 2.44. The summed E-state index contributed by atoms with van der Waals surface area (Å²) in [6.07, 6.45) is 3.83. The molecule has 1 N–H and O–H groups in total. The highest BCUT2D eigenvalue weighted by atomic mass is 32.2. The van der Waals surface area contributed by atoms with Crippen LogP contribution in [0.2, 0.25) is 0 Å². The molecule has 30 heavy (non-hydrogen) atoms. The van der Waals surface area contributed by atoms with Crippen molar-refractivity contribution in [3.05, 3.63) is 79.1 Å². The molecule has 2 heterocycles. The third kappa shape index (κ3) is 4.38. The highest BCUT2D eigenvalue weighted by molar-refractivity contribution is 7.99. The number of carbonyl (C=O) groups excluding carboxylic acids is 1. The van der Waals surface area contributed by atoms with E-state index in [1.54, 1.807) is 0 Å². The molecule has 2 aromatic heterocycles. The van der Waals surface area contributed by atoms with Gasteiger partial charge in [0.1, 0.15) is 5.75 Å². The molecule has 0 bridgehead atoms. The number of hydrogen-bond donors (Lipinski definition) is 1. The number of hydrogen-bond acceptors (Lipinski definition) is 5. The fourth-order valence-electron chi connectivity index (χ4n) is 2.96. The molecule has 0 aliphatic carbocycles. The van der Waals surface area contributed by atoms with E-state index in [1.807, 2.05) is 95.4 Å². The van der Waals surface area contributed by atoms with Crippen LogP contribution in [0.4, 0.5) is 5.69 Å². The van der Waals surface area contributed by atoms with Gasteiger partial charge in [-0.15, -0.1) is 10.2 Å². The summed E-state index contributed by atoms with van der Waals surface area (Å²) in [5.74, 6) is 1.40. The minimum atomic E-state index is -0.143. The molecule has 0 radical (unpaired) electrons. The molecule has 2 aromatic carbocycles. The van der Waals surface area contributed by atoms with E-state index in [-0.39, 0.29) is 11.7 Å². The van der Waals surface area contributed by atoms with Gasteiger partial charge in [0.2, 0.25) is 11.1 Å². The molecule has 7 nitrogen and oxygen atoms in total. The molecular weight excluding hydrogens is 398 g/mol. The lowest BCUT2D eigenvalue weighted by Crippen LogP contribution is -2.16. The number of amides is 1. The topological polar surface area (TPSA) is 74.0 Å². The van der Waals surface area contributed by atoms with Gasteiger partial charge in [-0.2, -0.15) is 0 Å². The molecule has 1 amide bonds. The third-order valence-corrected chi connectivity index (χ3v) is 5.18. The van der Waals surface area contributed by atoms with Crippen molar-refractivity contribution in [1.82, 2.24) is 19.5 Å². The average Bonchev–Trinajstić information content (AvgIpc) is 3.44. The van der Waals surface area contributed by atoms with Crippen LogP contribution in [0, 0.1) is 0 Å². The second-order valence-corrected chi connectivity index (χ2v) is 7.26. The van der Waals surface area contributed by atoms with Gasteiger partial charge in [0.05, 0.1) is 18.0 Å². The first-order valence-corrected chi connectivity index (χ1v) is 10.5. The zero-order valence-electron chi connectivity index (χ0n) is 16.4. The summed E-state index contributed by atoms with van der Waals surface area (Å²) < 4.78 is 9.36. The van der Waals surface area contributed by atoms with Crippen LogP contribution in [0.25, 0.3) is 11.4 Å². The first kappa shape index (κ1) is 19.8.